The molecule has 1 saturated heterocycles. The van der Waals surface area contributed by atoms with Crippen molar-refractivity contribution in [3.05, 3.63) is 28.8 Å². The summed E-state index contributed by atoms with van der Waals surface area (Å²) >= 11 is 5.97. The van der Waals surface area contributed by atoms with Crippen molar-refractivity contribution in [1.29, 1.82) is 0 Å². The Bertz CT molecular complexity index is 595. The standard InChI is InChI=1S/C12H15ClN2O3S/c1-8-2-10(13)5-11(3-8)15-6-9(4-12(15)16)7-19(14,17)18/h2-3,5,9H,4,6-7H2,1H3,(H2,14,17,18). The van der Waals surface area contributed by atoms with Gasteiger partial charge in [-0.1, -0.05) is 11.6 Å². The van der Waals surface area contributed by atoms with E-state index in [0.29, 0.717) is 17.3 Å². The molecule has 19 heavy (non-hydrogen) atoms. The Hall–Kier alpha value is -1.11. The first-order chi connectivity index (χ1) is 8.74. The van der Waals surface area contributed by atoms with Crippen molar-refractivity contribution in [3.8, 4) is 0 Å². The van der Waals surface area contributed by atoms with Gasteiger partial charge in [0.2, 0.25) is 15.9 Å². The van der Waals surface area contributed by atoms with Crippen LogP contribution in [-0.4, -0.2) is 26.6 Å². The first kappa shape index (κ1) is 14.3. The zero-order chi connectivity index (χ0) is 14.2. The Labute approximate surface area is 117 Å². The average molecular weight is 303 g/mol. The van der Waals surface area contributed by atoms with Crippen molar-refractivity contribution < 1.29 is 13.2 Å². The SMILES string of the molecule is Cc1cc(Cl)cc(N2CC(CS(N)(=O)=O)CC2=O)c1. The highest BCUT2D eigenvalue weighted by Gasteiger charge is 2.32. The summed E-state index contributed by atoms with van der Waals surface area (Å²) in [6, 6.07) is 5.35. The van der Waals surface area contributed by atoms with E-state index in [1.807, 2.05) is 13.0 Å². The smallest absolute Gasteiger partial charge is 0.227 e. The molecule has 1 atom stereocenters. The summed E-state index contributed by atoms with van der Waals surface area (Å²) in [4.78, 5) is 13.5. The quantitative estimate of drug-likeness (QED) is 0.913. The number of aryl methyl sites for hydroxylation is 1. The lowest BCUT2D eigenvalue weighted by Crippen LogP contribution is -2.27. The summed E-state index contributed by atoms with van der Waals surface area (Å²) in [5, 5.41) is 5.57. The van der Waals surface area contributed by atoms with Crippen LogP contribution >= 0.6 is 11.6 Å². The van der Waals surface area contributed by atoms with E-state index in [0.717, 1.165) is 5.56 Å². The first-order valence-electron chi connectivity index (χ1n) is 5.82. The molecule has 0 spiro atoms. The zero-order valence-electron chi connectivity index (χ0n) is 10.5. The largest absolute Gasteiger partial charge is 0.312 e. The second-order valence-electron chi connectivity index (χ2n) is 4.89. The maximum atomic E-state index is 11.9. The van der Waals surface area contributed by atoms with E-state index in [1.54, 1.807) is 17.0 Å². The number of sulfonamides is 1. The predicted molar refractivity (Wildman–Crippen MR) is 74.6 cm³/mol. The number of hydrogen-bond donors (Lipinski definition) is 1. The monoisotopic (exact) mass is 302 g/mol. The lowest BCUT2D eigenvalue weighted by Gasteiger charge is -2.17. The number of halogens is 1. The van der Waals surface area contributed by atoms with E-state index in [2.05, 4.69) is 0 Å². The minimum absolute atomic E-state index is 0.102. The van der Waals surface area contributed by atoms with Crippen molar-refractivity contribution >= 4 is 33.2 Å². The van der Waals surface area contributed by atoms with Crippen LogP contribution in [-0.2, 0) is 14.8 Å². The molecule has 5 nitrogen and oxygen atoms in total. The number of carbonyl (C=O) groups excluding carboxylic acids is 1. The van der Waals surface area contributed by atoms with Gasteiger partial charge >= 0.3 is 0 Å². The number of nitrogens with two attached hydrogens (primary N) is 1. The fourth-order valence-corrected chi connectivity index (χ4v) is 3.51. The fraction of sp³-hybridized carbons (Fsp3) is 0.417. The number of hydrogen-bond acceptors (Lipinski definition) is 3. The van der Waals surface area contributed by atoms with Gasteiger partial charge in [-0.25, -0.2) is 13.6 Å². The Morgan fingerprint density at radius 2 is 2.11 bits per heavy atom. The number of rotatable bonds is 3. The van der Waals surface area contributed by atoms with Crippen LogP contribution in [0.3, 0.4) is 0 Å². The highest BCUT2D eigenvalue weighted by atomic mass is 35.5. The van der Waals surface area contributed by atoms with Crippen molar-refractivity contribution in [1.82, 2.24) is 0 Å². The highest BCUT2D eigenvalue weighted by Crippen LogP contribution is 2.28. The number of amides is 1. The molecule has 1 unspecified atom stereocenters. The summed E-state index contributed by atoms with van der Waals surface area (Å²) in [5.74, 6) is -0.536. The molecule has 1 aromatic carbocycles. The lowest BCUT2D eigenvalue weighted by atomic mass is 10.1. The van der Waals surface area contributed by atoms with Crippen LogP contribution in [0, 0.1) is 12.8 Å². The second-order valence-corrected chi connectivity index (χ2v) is 6.99. The highest BCUT2D eigenvalue weighted by molar-refractivity contribution is 7.89. The third-order valence-corrected chi connectivity index (χ3v) is 4.17. The van der Waals surface area contributed by atoms with Crippen LogP contribution in [0.2, 0.25) is 5.02 Å². The fourth-order valence-electron chi connectivity index (χ4n) is 2.34. The Morgan fingerprint density at radius 1 is 1.42 bits per heavy atom. The zero-order valence-corrected chi connectivity index (χ0v) is 12.0. The van der Waals surface area contributed by atoms with E-state index in [4.69, 9.17) is 16.7 Å². The van der Waals surface area contributed by atoms with Crippen LogP contribution in [0.1, 0.15) is 12.0 Å². The van der Waals surface area contributed by atoms with Gasteiger partial charge in [-0.05, 0) is 30.7 Å². The maximum Gasteiger partial charge on any atom is 0.227 e. The van der Waals surface area contributed by atoms with Gasteiger partial charge in [0, 0.05) is 29.6 Å². The molecule has 0 bridgehead atoms. The normalized spacial score (nSPS) is 20.1. The van der Waals surface area contributed by atoms with Gasteiger partial charge in [0.15, 0.2) is 0 Å². The van der Waals surface area contributed by atoms with E-state index in [9.17, 15) is 13.2 Å². The third kappa shape index (κ3) is 3.68. The van der Waals surface area contributed by atoms with Crippen molar-refractivity contribution in [2.45, 2.75) is 13.3 Å². The molecule has 1 aromatic rings. The summed E-state index contributed by atoms with van der Waals surface area (Å²) in [5.41, 5.74) is 1.65. The Balaban J connectivity index is 2.20. The molecule has 0 radical (unpaired) electrons. The van der Waals surface area contributed by atoms with Crippen LogP contribution in [0.4, 0.5) is 5.69 Å². The molecule has 0 aromatic heterocycles. The first-order valence-corrected chi connectivity index (χ1v) is 7.92. The number of primary sulfonamides is 1. The maximum absolute atomic E-state index is 11.9. The van der Waals surface area contributed by atoms with Gasteiger partial charge in [0.05, 0.1) is 5.75 Å². The van der Waals surface area contributed by atoms with E-state index in [-0.39, 0.29) is 24.0 Å². The van der Waals surface area contributed by atoms with Crippen molar-refractivity contribution in [2.24, 2.45) is 11.1 Å². The van der Waals surface area contributed by atoms with Crippen molar-refractivity contribution in [3.63, 3.8) is 0 Å². The third-order valence-electron chi connectivity index (χ3n) is 3.01. The molecule has 1 heterocycles. The van der Waals surface area contributed by atoms with Crippen molar-refractivity contribution in [2.75, 3.05) is 17.2 Å². The molecule has 1 aliphatic rings. The van der Waals surface area contributed by atoms with Gasteiger partial charge < -0.3 is 4.90 Å². The molecule has 7 heteroatoms. The average Bonchev–Trinajstić information content (AvgIpc) is 2.54. The van der Waals surface area contributed by atoms with Gasteiger partial charge in [-0.2, -0.15) is 0 Å². The molecule has 1 amide bonds. The number of carbonyl (C=O) groups is 1. The van der Waals surface area contributed by atoms with Gasteiger partial charge in [0.25, 0.3) is 0 Å². The topological polar surface area (TPSA) is 80.5 Å². The minimum atomic E-state index is -3.56. The molecule has 1 fully saturated rings. The minimum Gasteiger partial charge on any atom is -0.312 e. The van der Waals surface area contributed by atoms with Crippen LogP contribution < -0.4 is 10.0 Å². The molecule has 2 N–H and O–H groups in total. The van der Waals surface area contributed by atoms with E-state index in [1.165, 1.54) is 0 Å². The number of nitrogens with zero attached hydrogens (tertiary/aromatic N) is 1. The molecule has 1 aliphatic heterocycles. The molecule has 2 rings (SSSR count). The summed E-state index contributed by atoms with van der Waals surface area (Å²) in [6.45, 7) is 2.24. The number of anilines is 1. The number of benzene rings is 1. The van der Waals surface area contributed by atoms with Gasteiger partial charge in [-0.15, -0.1) is 0 Å². The Kier molecular flexibility index (Phi) is 3.85. The molecule has 104 valence electrons. The summed E-state index contributed by atoms with van der Waals surface area (Å²) < 4.78 is 22.1. The summed E-state index contributed by atoms with van der Waals surface area (Å²) in [7, 11) is -3.56. The molecule has 0 aliphatic carbocycles. The summed E-state index contributed by atoms with van der Waals surface area (Å²) in [6.07, 6.45) is 0.196. The second kappa shape index (κ2) is 5.11. The van der Waals surface area contributed by atoms with Crippen LogP contribution in [0.25, 0.3) is 0 Å². The van der Waals surface area contributed by atoms with E-state index >= 15 is 0 Å². The van der Waals surface area contributed by atoms with E-state index < -0.39 is 10.0 Å². The Morgan fingerprint density at radius 3 is 2.68 bits per heavy atom. The lowest BCUT2D eigenvalue weighted by molar-refractivity contribution is -0.117. The predicted octanol–water partition coefficient (Wildman–Crippen LogP) is 1.29. The van der Waals surface area contributed by atoms with Gasteiger partial charge in [0.1, 0.15) is 0 Å². The molecule has 0 saturated carbocycles. The van der Waals surface area contributed by atoms with Crippen LogP contribution in [0.15, 0.2) is 18.2 Å². The molecular formula is C12H15ClN2O3S. The van der Waals surface area contributed by atoms with Crippen LogP contribution in [0.5, 0.6) is 0 Å². The van der Waals surface area contributed by atoms with Gasteiger partial charge in [-0.3, -0.25) is 4.79 Å². The molecular weight excluding hydrogens is 288 g/mol.